The van der Waals surface area contributed by atoms with E-state index in [-0.39, 0.29) is 24.7 Å². The Morgan fingerprint density at radius 1 is 1.57 bits per heavy atom. The Balaban J connectivity index is 0. The van der Waals surface area contributed by atoms with Crippen LogP contribution in [0.1, 0.15) is 13.8 Å². The van der Waals surface area contributed by atoms with E-state index in [1.807, 2.05) is 13.8 Å². The van der Waals surface area contributed by atoms with Crippen molar-refractivity contribution in [1.82, 2.24) is 0 Å². The molecule has 0 fully saturated rings. The minimum atomic E-state index is -1.07. The van der Waals surface area contributed by atoms with Gasteiger partial charge >= 0.3 is 43.9 Å². The summed E-state index contributed by atoms with van der Waals surface area (Å²) < 4.78 is 14.2. The largest absolute Gasteiger partial charge is 0 e. The molecule has 0 aliphatic heterocycles. The van der Waals surface area contributed by atoms with Gasteiger partial charge in [-0.3, -0.25) is 0 Å². The number of hydrogen-bond acceptors (Lipinski definition) is 2. The monoisotopic (exact) mass is 177 g/mol. The molecule has 0 saturated carbocycles. The van der Waals surface area contributed by atoms with E-state index in [0.717, 1.165) is 0 Å². The van der Waals surface area contributed by atoms with Gasteiger partial charge in [-0.25, -0.2) is 0 Å². The molecule has 0 aromatic carbocycles. The van der Waals surface area contributed by atoms with E-state index in [0.29, 0.717) is 0 Å². The number of rotatable bonds is 2. The van der Waals surface area contributed by atoms with Crippen molar-refractivity contribution in [3.63, 3.8) is 0 Å². The summed E-state index contributed by atoms with van der Waals surface area (Å²) in [6.45, 7) is 3.71. The minimum Gasteiger partial charge on any atom is 0 e. The van der Waals surface area contributed by atoms with Crippen LogP contribution in [-0.4, -0.2) is 6.10 Å². The summed E-state index contributed by atoms with van der Waals surface area (Å²) in [5.41, 5.74) is 0. The maximum absolute atomic E-state index is 9.61. The van der Waals surface area contributed by atoms with Gasteiger partial charge in [0, 0.05) is 18.6 Å². The Bertz CT molecular complexity index is 46.2. The Morgan fingerprint density at radius 3 is 2.00 bits per heavy atom. The van der Waals surface area contributed by atoms with E-state index in [1.54, 1.807) is 0 Å². The van der Waals surface area contributed by atoms with Gasteiger partial charge in [0.2, 0.25) is 0 Å². The van der Waals surface area contributed by atoms with Gasteiger partial charge in [-0.15, -0.1) is 0 Å². The molecule has 0 aromatic heterocycles. The third-order valence-electron chi connectivity index (χ3n) is 0.254. The Morgan fingerprint density at radius 2 is 2.00 bits per heavy atom. The Labute approximate surface area is 62.5 Å². The molecule has 4 heteroatoms. The predicted molar refractivity (Wildman–Crippen MR) is 16.9 cm³/mol. The summed E-state index contributed by atoms with van der Waals surface area (Å²) in [5, 5.41) is 0. The normalized spacial score (nSPS) is 7.86. The average molecular weight is 177 g/mol. The minimum absolute atomic E-state index is 0. The SMILES string of the molecule is CC(C)[O][V]=[O].[V]. The van der Waals surface area contributed by atoms with Crippen molar-refractivity contribution in [3.8, 4) is 0 Å². The van der Waals surface area contributed by atoms with E-state index in [4.69, 9.17) is 0 Å². The molecular formula is C3H7O2V2. The van der Waals surface area contributed by atoms with Crippen LogP contribution in [0.5, 0.6) is 0 Å². The fourth-order valence-electron chi connectivity index (χ4n) is 0.0861. The van der Waals surface area contributed by atoms with Crippen molar-refractivity contribution >= 4 is 0 Å². The first-order valence-electron chi connectivity index (χ1n) is 1.76. The van der Waals surface area contributed by atoms with Crippen LogP contribution < -0.4 is 0 Å². The van der Waals surface area contributed by atoms with E-state index < -0.39 is 16.6 Å². The molecule has 7 heavy (non-hydrogen) atoms. The zero-order valence-corrected chi connectivity index (χ0v) is 7.08. The molecule has 0 spiro atoms. The van der Waals surface area contributed by atoms with Crippen molar-refractivity contribution in [1.29, 1.82) is 0 Å². The van der Waals surface area contributed by atoms with Crippen LogP contribution in [-0.2, 0) is 42.5 Å². The zero-order valence-electron chi connectivity index (χ0n) is 4.29. The van der Waals surface area contributed by atoms with Gasteiger partial charge in [0.05, 0.1) is 0 Å². The summed E-state index contributed by atoms with van der Waals surface area (Å²) in [4.78, 5) is 0. The van der Waals surface area contributed by atoms with Gasteiger partial charge in [0.1, 0.15) is 0 Å². The molecule has 0 atom stereocenters. The van der Waals surface area contributed by atoms with E-state index in [9.17, 15) is 3.67 Å². The van der Waals surface area contributed by atoms with Gasteiger partial charge in [0.15, 0.2) is 0 Å². The van der Waals surface area contributed by atoms with E-state index >= 15 is 0 Å². The summed E-state index contributed by atoms with van der Waals surface area (Å²) in [6.07, 6.45) is 0.127. The molecule has 0 rings (SSSR count). The summed E-state index contributed by atoms with van der Waals surface area (Å²) in [6, 6.07) is 0. The molecule has 0 aliphatic rings. The average Bonchev–Trinajstić information content (AvgIpc) is 1.35. The summed E-state index contributed by atoms with van der Waals surface area (Å²) in [7, 11) is 0. The van der Waals surface area contributed by atoms with Crippen LogP contribution in [0, 0.1) is 0 Å². The quantitative estimate of drug-likeness (QED) is 0.622. The second-order valence-electron chi connectivity index (χ2n) is 1.23. The number of hydrogen-bond donors (Lipinski definition) is 0. The van der Waals surface area contributed by atoms with Crippen LogP contribution in [0.25, 0.3) is 0 Å². The molecule has 0 unspecified atom stereocenters. The van der Waals surface area contributed by atoms with Gasteiger partial charge in [-0.05, 0) is 0 Å². The van der Waals surface area contributed by atoms with Crippen molar-refractivity contribution < 1.29 is 42.5 Å². The molecule has 41 valence electrons. The molecule has 0 N–H and O–H groups in total. The Hall–Kier alpha value is 0.929. The van der Waals surface area contributed by atoms with Crippen LogP contribution in [0.2, 0.25) is 0 Å². The fourth-order valence-corrected chi connectivity index (χ4v) is 0.355. The van der Waals surface area contributed by atoms with Crippen LogP contribution in [0.4, 0.5) is 0 Å². The van der Waals surface area contributed by atoms with Crippen molar-refractivity contribution in [2.75, 3.05) is 0 Å². The maximum Gasteiger partial charge on any atom is 0 e. The molecule has 0 aromatic rings. The first-order valence-corrected chi connectivity index (χ1v) is 2.90. The van der Waals surface area contributed by atoms with Gasteiger partial charge in [-0.1, -0.05) is 0 Å². The second kappa shape index (κ2) is 6.93. The molecule has 0 aliphatic carbocycles. The predicted octanol–water partition coefficient (Wildman–Crippen LogP) is 0.752. The molecular weight excluding hydrogens is 170 g/mol. The Kier molecular flexibility index (Phi) is 10.7. The second-order valence-corrected chi connectivity index (χ2v) is 1.79. The van der Waals surface area contributed by atoms with Crippen LogP contribution in [0.3, 0.4) is 0 Å². The van der Waals surface area contributed by atoms with Crippen molar-refractivity contribution in [3.05, 3.63) is 0 Å². The maximum atomic E-state index is 9.61. The standard InChI is InChI=1S/C3H7O.O.2V/c1-3(2)4;;;/h3H,1-2H3;;;/q-1;;;+1. The third-order valence-corrected chi connectivity index (χ3v) is 1.05. The van der Waals surface area contributed by atoms with E-state index in [1.165, 1.54) is 0 Å². The summed E-state index contributed by atoms with van der Waals surface area (Å²) >= 11 is -1.07. The van der Waals surface area contributed by atoms with Crippen LogP contribution in [0.15, 0.2) is 0 Å². The molecule has 0 bridgehead atoms. The third kappa shape index (κ3) is 10.9. The van der Waals surface area contributed by atoms with E-state index in [2.05, 4.69) is 3.66 Å². The molecule has 1 radical (unpaired) electrons. The summed E-state index contributed by atoms with van der Waals surface area (Å²) in [5.74, 6) is 0. The first kappa shape index (κ1) is 10.8. The molecule has 0 saturated heterocycles. The fraction of sp³-hybridized carbons (Fsp3) is 1.00. The van der Waals surface area contributed by atoms with Crippen LogP contribution >= 0.6 is 0 Å². The topological polar surface area (TPSA) is 26.3 Å². The van der Waals surface area contributed by atoms with Gasteiger partial charge in [0.25, 0.3) is 0 Å². The van der Waals surface area contributed by atoms with Crippen molar-refractivity contribution in [2.45, 2.75) is 20.0 Å². The van der Waals surface area contributed by atoms with Gasteiger partial charge in [-0.2, -0.15) is 0 Å². The molecule has 2 nitrogen and oxygen atoms in total. The zero-order chi connectivity index (χ0) is 4.99. The van der Waals surface area contributed by atoms with Crippen molar-refractivity contribution in [2.24, 2.45) is 0 Å². The smallest absolute Gasteiger partial charge is 0 e. The van der Waals surface area contributed by atoms with Gasteiger partial charge < -0.3 is 0 Å². The molecule has 0 amide bonds. The molecule has 0 heterocycles. The first-order chi connectivity index (χ1) is 2.77.